The van der Waals surface area contributed by atoms with E-state index in [-0.39, 0.29) is 46.5 Å². The fourth-order valence-corrected chi connectivity index (χ4v) is 1.19. The Kier molecular flexibility index (Phi) is 40.8. The van der Waals surface area contributed by atoms with E-state index in [1.54, 1.807) is 0 Å². The quantitative estimate of drug-likeness (QED) is 0.634. The van der Waals surface area contributed by atoms with E-state index in [1.807, 2.05) is 6.92 Å². The van der Waals surface area contributed by atoms with Gasteiger partial charge in [-0.05, 0) is 18.5 Å². The van der Waals surface area contributed by atoms with Gasteiger partial charge in [0, 0.05) is 28.3 Å². The number of aliphatic hydroxyl groups is 1. The summed E-state index contributed by atoms with van der Waals surface area (Å²) in [5.74, 6) is 0. The zero-order valence-electron chi connectivity index (χ0n) is 11.4. The van der Waals surface area contributed by atoms with Gasteiger partial charge in [-0.25, -0.2) is 0 Å². The molecule has 0 aromatic rings. The van der Waals surface area contributed by atoms with Crippen LogP contribution in [0.1, 0.15) is 48.0 Å². The first-order valence-corrected chi connectivity index (χ1v) is 5.18. The maximum Gasteiger partial charge on any atom is 0.0428 e. The number of rotatable bonds is 4. The van der Waals surface area contributed by atoms with Crippen molar-refractivity contribution in [3.05, 3.63) is 6.54 Å². The summed E-state index contributed by atoms with van der Waals surface area (Å²) in [6, 6.07) is 1.27. The Morgan fingerprint density at radius 3 is 1.31 bits per heavy atom. The third kappa shape index (κ3) is 20.6. The normalized spacial score (nSPS) is 8.62. The van der Waals surface area contributed by atoms with Crippen LogP contribution in [-0.4, -0.2) is 28.7 Å². The van der Waals surface area contributed by atoms with Crippen LogP contribution in [0.5, 0.6) is 0 Å². The van der Waals surface area contributed by atoms with Crippen molar-refractivity contribution in [2.75, 3.05) is 6.61 Å². The Hall–Kier alpha value is 1.21. The standard InChI is InChI=1S/C8H18N.C3H8O.2ClH.Ti/c1-6-9(7(2)3)8(4)5;1-2-3-4;;;/h6-8H,1-5H3;4H,2-3H2,1H3;2*1H;/q-1;;;;. The minimum absolute atomic E-state index is 0. The van der Waals surface area contributed by atoms with E-state index >= 15 is 0 Å². The van der Waals surface area contributed by atoms with Gasteiger partial charge in [-0.15, -0.1) is 24.8 Å². The van der Waals surface area contributed by atoms with Crippen LogP contribution in [0.25, 0.3) is 0 Å². The van der Waals surface area contributed by atoms with Crippen molar-refractivity contribution in [3.8, 4) is 0 Å². The van der Waals surface area contributed by atoms with Crippen molar-refractivity contribution in [3.63, 3.8) is 0 Å². The molecule has 5 heteroatoms. The van der Waals surface area contributed by atoms with Crippen molar-refractivity contribution in [2.45, 2.75) is 60.0 Å². The molecule has 16 heavy (non-hydrogen) atoms. The number of hydrogen-bond acceptors (Lipinski definition) is 2. The zero-order chi connectivity index (χ0) is 10.9. The summed E-state index contributed by atoms with van der Waals surface area (Å²) in [6.45, 7) is 15.3. The molecule has 0 aliphatic heterocycles. The number of hydrogen-bond donors (Lipinski definition) is 1. The molecule has 0 heterocycles. The van der Waals surface area contributed by atoms with E-state index in [2.05, 4.69) is 46.1 Å². The topological polar surface area (TPSA) is 23.5 Å². The van der Waals surface area contributed by atoms with Crippen LogP contribution in [0.3, 0.4) is 0 Å². The molecule has 1 N–H and O–H groups in total. The molecule has 0 saturated carbocycles. The molecule has 0 rings (SSSR count). The summed E-state index contributed by atoms with van der Waals surface area (Å²) >= 11 is 0. The second-order valence-corrected chi connectivity index (χ2v) is 3.62. The van der Waals surface area contributed by atoms with Gasteiger partial charge in [-0.3, -0.25) is 6.54 Å². The van der Waals surface area contributed by atoms with Crippen LogP contribution in [0.15, 0.2) is 0 Å². The van der Waals surface area contributed by atoms with E-state index in [0.717, 1.165) is 6.42 Å². The van der Waals surface area contributed by atoms with Crippen molar-refractivity contribution >= 4 is 24.8 Å². The molecule has 0 atom stereocenters. The van der Waals surface area contributed by atoms with E-state index in [0.29, 0.717) is 18.7 Å². The maximum absolute atomic E-state index is 7.88. The van der Waals surface area contributed by atoms with Gasteiger partial charge in [0.15, 0.2) is 0 Å². The molecule has 0 aliphatic carbocycles. The van der Waals surface area contributed by atoms with Gasteiger partial charge in [0.05, 0.1) is 0 Å². The molecule has 0 bridgehead atoms. The molecule has 0 amide bonds. The minimum Gasteiger partial charge on any atom is -0.452 e. The number of halogens is 2. The third-order valence-corrected chi connectivity index (χ3v) is 1.71. The Labute approximate surface area is 129 Å². The molecular formula is C11H28Cl2NOTi-. The van der Waals surface area contributed by atoms with E-state index in [9.17, 15) is 0 Å². The molecule has 102 valence electrons. The van der Waals surface area contributed by atoms with Crippen LogP contribution in [0.2, 0.25) is 0 Å². The molecule has 0 fully saturated rings. The van der Waals surface area contributed by atoms with Gasteiger partial charge in [-0.1, -0.05) is 34.6 Å². The monoisotopic (exact) mass is 308 g/mol. The van der Waals surface area contributed by atoms with Crippen molar-refractivity contribution in [1.29, 1.82) is 0 Å². The van der Waals surface area contributed by atoms with E-state index in [1.165, 1.54) is 0 Å². The van der Waals surface area contributed by atoms with E-state index < -0.39 is 0 Å². The summed E-state index contributed by atoms with van der Waals surface area (Å²) < 4.78 is 0. The Bertz CT molecular complexity index is 96.0. The molecule has 0 aliphatic rings. The summed E-state index contributed by atoms with van der Waals surface area (Å²) in [5.41, 5.74) is 0. The van der Waals surface area contributed by atoms with Crippen LogP contribution in [-0.2, 0) is 21.7 Å². The SMILES string of the molecule is CCCO.C[CH-]N(C(C)C)C(C)C.Cl.Cl.[Ti]. The number of aliphatic hydroxyl groups excluding tert-OH is 1. The van der Waals surface area contributed by atoms with Gasteiger partial charge < -0.3 is 10.0 Å². The molecule has 0 aromatic heterocycles. The Morgan fingerprint density at radius 2 is 1.31 bits per heavy atom. The average molecular weight is 309 g/mol. The fraction of sp³-hybridized carbons (Fsp3) is 0.909. The van der Waals surface area contributed by atoms with Crippen molar-refractivity contribution in [1.82, 2.24) is 4.90 Å². The predicted octanol–water partition coefficient (Wildman–Crippen LogP) is 3.52. The largest absolute Gasteiger partial charge is 0.452 e. The smallest absolute Gasteiger partial charge is 0.0428 e. The van der Waals surface area contributed by atoms with Crippen LogP contribution in [0, 0.1) is 6.54 Å². The first-order valence-electron chi connectivity index (χ1n) is 5.18. The van der Waals surface area contributed by atoms with Gasteiger partial charge in [0.1, 0.15) is 0 Å². The third-order valence-electron chi connectivity index (χ3n) is 1.71. The van der Waals surface area contributed by atoms with Gasteiger partial charge in [0.25, 0.3) is 0 Å². The van der Waals surface area contributed by atoms with Gasteiger partial charge >= 0.3 is 0 Å². The second kappa shape index (κ2) is 21.5. The minimum atomic E-state index is 0. The predicted molar refractivity (Wildman–Crippen MR) is 74.0 cm³/mol. The maximum atomic E-state index is 7.88. The van der Waals surface area contributed by atoms with Crippen LogP contribution >= 0.6 is 24.8 Å². The first-order chi connectivity index (χ1) is 6.01. The van der Waals surface area contributed by atoms with Gasteiger partial charge in [0.2, 0.25) is 0 Å². The summed E-state index contributed by atoms with van der Waals surface area (Å²) in [7, 11) is 0. The first kappa shape index (κ1) is 30.3. The molecule has 0 saturated heterocycles. The summed E-state index contributed by atoms with van der Waals surface area (Å²) in [4.78, 5) is 2.33. The molecule has 2 nitrogen and oxygen atoms in total. The summed E-state index contributed by atoms with van der Waals surface area (Å²) in [6.07, 6.45) is 0.875. The van der Waals surface area contributed by atoms with Crippen molar-refractivity contribution < 1.29 is 26.8 Å². The van der Waals surface area contributed by atoms with Crippen LogP contribution in [0.4, 0.5) is 0 Å². The Balaban J connectivity index is -0.0000000511. The fourth-order valence-electron chi connectivity index (χ4n) is 1.19. The molecule has 0 aromatic carbocycles. The Morgan fingerprint density at radius 1 is 1.06 bits per heavy atom. The number of nitrogens with zero attached hydrogens (tertiary/aromatic N) is 1. The second-order valence-electron chi connectivity index (χ2n) is 3.62. The van der Waals surface area contributed by atoms with Crippen LogP contribution < -0.4 is 0 Å². The average Bonchev–Trinajstić information content (AvgIpc) is 2.04. The van der Waals surface area contributed by atoms with Gasteiger partial charge in [-0.2, -0.15) is 6.92 Å². The summed E-state index contributed by atoms with van der Waals surface area (Å²) in [5, 5.41) is 7.88. The van der Waals surface area contributed by atoms with E-state index in [4.69, 9.17) is 5.11 Å². The molecular weight excluding hydrogens is 281 g/mol. The molecule has 0 radical (unpaired) electrons. The zero-order valence-corrected chi connectivity index (χ0v) is 14.6. The molecule has 0 spiro atoms. The molecule has 0 unspecified atom stereocenters. The van der Waals surface area contributed by atoms with Crippen molar-refractivity contribution in [2.24, 2.45) is 0 Å².